The molecule has 0 bridgehead atoms. The highest BCUT2D eigenvalue weighted by molar-refractivity contribution is 5.30. The van der Waals surface area contributed by atoms with Crippen LogP contribution in [0.5, 0.6) is 0 Å². The van der Waals surface area contributed by atoms with E-state index < -0.39 is 0 Å². The summed E-state index contributed by atoms with van der Waals surface area (Å²) in [6.07, 6.45) is 0.975. The molecule has 4 nitrogen and oxygen atoms in total. The first-order valence-corrected chi connectivity index (χ1v) is 6.46. The van der Waals surface area contributed by atoms with Crippen molar-refractivity contribution in [3.05, 3.63) is 47.0 Å². The largest absolute Gasteiger partial charge is 0.303 e. The normalized spacial score (nSPS) is 18.9. The van der Waals surface area contributed by atoms with Gasteiger partial charge >= 0.3 is 0 Å². The molecule has 0 amide bonds. The van der Waals surface area contributed by atoms with Crippen LogP contribution < -0.4 is 5.32 Å². The Labute approximate surface area is 107 Å². The number of aromatic amines is 1. The maximum atomic E-state index is 4.58. The van der Waals surface area contributed by atoms with E-state index in [2.05, 4.69) is 58.6 Å². The highest BCUT2D eigenvalue weighted by Crippen LogP contribution is 2.24. The Bertz CT molecular complexity index is 544. The zero-order valence-electron chi connectivity index (χ0n) is 10.8. The second kappa shape index (κ2) is 4.53. The summed E-state index contributed by atoms with van der Waals surface area (Å²) in [4.78, 5) is 4.58. The number of H-pyrrole nitrogens is 1. The van der Waals surface area contributed by atoms with Crippen molar-refractivity contribution >= 4 is 0 Å². The fraction of sp³-hybridized carbons (Fsp3) is 0.429. The van der Waals surface area contributed by atoms with Crippen molar-refractivity contribution in [1.82, 2.24) is 20.5 Å². The molecule has 1 aliphatic rings. The quantitative estimate of drug-likeness (QED) is 0.849. The first-order chi connectivity index (χ1) is 8.74. The first kappa shape index (κ1) is 11.4. The van der Waals surface area contributed by atoms with Gasteiger partial charge in [0.25, 0.3) is 0 Å². The van der Waals surface area contributed by atoms with E-state index in [4.69, 9.17) is 0 Å². The van der Waals surface area contributed by atoms with E-state index in [1.54, 1.807) is 0 Å². The van der Waals surface area contributed by atoms with E-state index in [9.17, 15) is 0 Å². The smallest absolute Gasteiger partial charge is 0.153 e. The van der Waals surface area contributed by atoms with Crippen molar-refractivity contribution in [2.45, 2.75) is 38.8 Å². The number of nitrogens with zero attached hydrogens (tertiary/aromatic N) is 2. The number of aromatic nitrogens is 3. The Balaban J connectivity index is 1.83. The van der Waals surface area contributed by atoms with Crippen LogP contribution in [0.3, 0.4) is 0 Å². The summed E-state index contributed by atoms with van der Waals surface area (Å²) in [6.45, 7) is 5.12. The maximum absolute atomic E-state index is 4.58. The fourth-order valence-corrected chi connectivity index (χ4v) is 2.35. The van der Waals surface area contributed by atoms with Gasteiger partial charge in [-0.15, -0.1) is 0 Å². The highest BCUT2D eigenvalue weighted by atomic mass is 15.2. The monoisotopic (exact) mass is 242 g/mol. The molecule has 0 unspecified atom stereocenters. The van der Waals surface area contributed by atoms with Crippen LogP contribution in [0.25, 0.3) is 0 Å². The lowest BCUT2D eigenvalue weighted by atomic mass is 9.95. The SMILES string of the molecule is CC(C)c1n[nH]c([C@H]2Cc3ccccc3CN2)n1. The lowest BCUT2D eigenvalue weighted by Crippen LogP contribution is -2.29. The predicted octanol–water partition coefficient (Wildman–Crippen LogP) is 2.32. The van der Waals surface area contributed by atoms with Gasteiger partial charge in [-0.25, -0.2) is 4.98 Å². The third-order valence-corrected chi connectivity index (χ3v) is 3.45. The highest BCUT2D eigenvalue weighted by Gasteiger charge is 2.22. The van der Waals surface area contributed by atoms with Crippen molar-refractivity contribution in [3.8, 4) is 0 Å². The molecule has 0 fully saturated rings. The van der Waals surface area contributed by atoms with E-state index >= 15 is 0 Å². The molecule has 0 spiro atoms. The van der Waals surface area contributed by atoms with Crippen LogP contribution in [0, 0.1) is 0 Å². The average molecular weight is 242 g/mol. The number of fused-ring (bicyclic) bond motifs is 1. The van der Waals surface area contributed by atoms with E-state index in [0.29, 0.717) is 5.92 Å². The molecule has 0 saturated carbocycles. The van der Waals surface area contributed by atoms with Gasteiger partial charge in [-0.1, -0.05) is 38.1 Å². The van der Waals surface area contributed by atoms with Crippen molar-refractivity contribution in [2.75, 3.05) is 0 Å². The summed E-state index contributed by atoms with van der Waals surface area (Å²) in [5, 5.41) is 10.8. The Hall–Kier alpha value is -1.68. The second-order valence-corrected chi connectivity index (χ2v) is 5.14. The van der Waals surface area contributed by atoms with E-state index in [1.807, 2.05) is 0 Å². The Morgan fingerprint density at radius 2 is 2.00 bits per heavy atom. The Kier molecular flexibility index (Phi) is 2.88. The molecule has 2 N–H and O–H groups in total. The van der Waals surface area contributed by atoms with Crippen molar-refractivity contribution in [2.24, 2.45) is 0 Å². The predicted molar refractivity (Wildman–Crippen MR) is 70.2 cm³/mol. The zero-order chi connectivity index (χ0) is 12.5. The summed E-state index contributed by atoms with van der Waals surface area (Å²) in [6, 6.07) is 8.81. The molecule has 1 aliphatic heterocycles. The third-order valence-electron chi connectivity index (χ3n) is 3.45. The van der Waals surface area contributed by atoms with Crippen molar-refractivity contribution in [1.29, 1.82) is 0 Å². The Morgan fingerprint density at radius 1 is 1.22 bits per heavy atom. The molecule has 2 heterocycles. The minimum absolute atomic E-state index is 0.250. The minimum atomic E-state index is 0.250. The fourth-order valence-electron chi connectivity index (χ4n) is 2.35. The summed E-state index contributed by atoms with van der Waals surface area (Å²) in [5.74, 6) is 2.21. The molecular formula is C14H18N4. The topological polar surface area (TPSA) is 53.6 Å². The van der Waals surface area contributed by atoms with E-state index in [0.717, 1.165) is 24.6 Å². The van der Waals surface area contributed by atoms with Crippen LogP contribution >= 0.6 is 0 Å². The number of rotatable bonds is 2. The summed E-state index contributed by atoms with van der Waals surface area (Å²) < 4.78 is 0. The Morgan fingerprint density at radius 3 is 2.72 bits per heavy atom. The van der Waals surface area contributed by atoms with Gasteiger partial charge in [0.15, 0.2) is 5.82 Å². The second-order valence-electron chi connectivity index (χ2n) is 5.14. The standard InChI is InChI=1S/C14H18N4/c1-9(2)13-16-14(18-17-13)12-7-10-5-3-4-6-11(10)8-15-12/h3-6,9,12,15H,7-8H2,1-2H3,(H,16,17,18)/t12-/m1/s1. The number of nitrogens with one attached hydrogen (secondary N) is 2. The molecule has 3 rings (SSSR count). The minimum Gasteiger partial charge on any atom is -0.303 e. The van der Waals surface area contributed by atoms with Crippen LogP contribution in [-0.4, -0.2) is 15.2 Å². The molecular weight excluding hydrogens is 224 g/mol. The van der Waals surface area contributed by atoms with Crippen LogP contribution in [0.4, 0.5) is 0 Å². The zero-order valence-corrected chi connectivity index (χ0v) is 10.8. The van der Waals surface area contributed by atoms with Crippen LogP contribution in [-0.2, 0) is 13.0 Å². The summed E-state index contributed by atoms with van der Waals surface area (Å²) in [7, 11) is 0. The van der Waals surface area contributed by atoms with Crippen LogP contribution in [0.2, 0.25) is 0 Å². The average Bonchev–Trinajstić information content (AvgIpc) is 2.88. The van der Waals surface area contributed by atoms with Gasteiger partial charge in [0.1, 0.15) is 5.82 Å². The molecule has 1 aromatic heterocycles. The molecule has 4 heteroatoms. The van der Waals surface area contributed by atoms with Gasteiger partial charge in [-0.3, -0.25) is 5.10 Å². The van der Waals surface area contributed by atoms with Gasteiger partial charge in [0.2, 0.25) is 0 Å². The van der Waals surface area contributed by atoms with E-state index in [-0.39, 0.29) is 6.04 Å². The van der Waals surface area contributed by atoms with Gasteiger partial charge in [-0.05, 0) is 17.5 Å². The molecule has 0 saturated heterocycles. The molecule has 94 valence electrons. The summed E-state index contributed by atoms with van der Waals surface area (Å²) in [5.41, 5.74) is 2.79. The number of benzene rings is 1. The van der Waals surface area contributed by atoms with Crippen LogP contribution in [0.15, 0.2) is 24.3 Å². The lowest BCUT2D eigenvalue weighted by molar-refractivity contribution is 0.477. The molecule has 1 aromatic carbocycles. The molecule has 18 heavy (non-hydrogen) atoms. The number of hydrogen-bond acceptors (Lipinski definition) is 3. The molecule has 0 aliphatic carbocycles. The molecule has 2 aromatic rings. The lowest BCUT2D eigenvalue weighted by Gasteiger charge is -2.24. The van der Waals surface area contributed by atoms with Gasteiger partial charge in [-0.2, -0.15) is 5.10 Å². The van der Waals surface area contributed by atoms with Gasteiger partial charge in [0, 0.05) is 12.5 Å². The van der Waals surface area contributed by atoms with Crippen molar-refractivity contribution < 1.29 is 0 Å². The van der Waals surface area contributed by atoms with Gasteiger partial charge in [0.05, 0.1) is 6.04 Å². The third kappa shape index (κ3) is 2.04. The number of hydrogen-bond donors (Lipinski definition) is 2. The summed E-state index contributed by atoms with van der Waals surface area (Å²) >= 11 is 0. The first-order valence-electron chi connectivity index (χ1n) is 6.46. The van der Waals surface area contributed by atoms with E-state index in [1.165, 1.54) is 11.1 Å². The maximum Gasteiger partial charge on any atom is 0.153 e. The molecule has 1 atom stereocenters. The van der Waals surface area contributed by atoms with Gasteiger partial charge < -0.3 is 5.32 Å². The van der Waals surface area contributed by atoms with Crippen LogP contribution in [0.1, 0.15) is 48.6 Å². The molecule has 0 radical (unpaired) electrons. The van der Waals surface area contributed by atoms with Crippen molar-refractivity contribution in [3.63, 3.8) is 0 Å².